The average Bonchev–Trinajstić information content (AvgIpc) is 3.10. The van der Waals surface area contributed by atoms with Crippen molar-refractivity contribution in [1.29, 1.82) is 0 Å². The number of carbonyl (C=O) groups is 1. The molecule has 1 amide bonds. The van der Waals surface area contributed by atoms with Gasteiger partial charge < -0.3 is 4.90 Å². The predicted octanol–water partition coefficient (Wildman–Crippen LogP) is 3.53. The minimum Gasteiger partial charge on any atom is -0.301 e. The van der Waals surface area contributed by atoms with Crippen LogP contribution in [-0.4, -0.2) is 25.5 Å². The Morgan fingerprint density at radius 3 is 2.55 bits per heavy atom. The summed E-state index contributed by atoms with van der Waals surface area (Å²) in [6.45, 7) is 3.83. The molecule has 0 spiro atoms. The second-order valence-electron chi connectivity index (χ2n) is 6.75. The van der Waals surface area contributed by atoms with E-state index in [4.69, 9.17) is 11.6 Å². The summed E-state index contributed by atoms with van der Waals surface area (Å²) in [6.07, 6.45) is 0. The van der Waals surface area contributed by atoms with Gasteiger partial charge >= 0.3 is 0 Å². The number of aromatic amines is 1. The molecule has 4 rings (SSSR count). The summed E-state index contributed by atoms with van der Waals surface area (Å²) in [5.41, 5.74) is 2.48. The highest BCUT2D eigenvalue weighted by molar-refractivity contribution is 6.34. The fourth-order valence-corrected chi connectivity index (χ4v) is 3.26. The summed E-state index contributed by atoms with van der Waals surface area (Å²) < 4.78 is 1.26. The Balaban J connectivity index is 1.77. The van der Waals surface area contributed by atoms with Gasteiger partial charge in [-0.2, -0.15) is 9.50 Å². The first-order chi connectivity index (χ1) is 13.9. The van der Waals surface area contributed by atoms with Gasteiger partial charge in [-0.3, -0.25) is 14.7 Å². The molecule has 0 fully saturated rings. The maximum atomic E-state index is 13.3. The fourth-order valence-electron chi connectivity index (χ4n) is 3.04. The number of hydrogen-bond donors (Lipinski definition) is 1. The van der Waals surface area contributed by atoms with Crippen molar-refractivity contribution in [2.45, 2.75) is 20.4 Å². The van der Waals surface area contributed by atoms with E-state index in [-0.39, 0.29) is 23.8 Å². The SMILES string of the molecule is Cc1ccc(N(Cc2nc3nc(C)cc(=O)n3[nH]2)C(=O)c2ccccc2Cl)cc1. The highest BCUT2D eigenvalue weighted by Gasteiger charge is 2.22. The van der Waals surface area contributed by atoms with Gasteiger partial charge in [0.2, 0.25) is 0 Å². The standard InChI is InChI=1S/C21H18ClN5O2/c1-13-7-9-15(10-8-13)26(20(29)16-5-3-4-6-17(16)22)12-18-24-21-23-14(2)11-19(28)27(21)25-18/h3-11H,12H2,1-2H3,(H,23,24,25). The molecule has 2 heterocycles. The number of rotatable bonds is 4. The third-order valence-corrected chi connectivity index (χ3v) is 4.84. The number of fused-ring (bicyclic) bond motifs is 1. The first-order valence-electron chi connectivity index (χ1n) is 9.01. The molecule has 7 nitrogen and oxygen atoms in total. The maximum absolute atomic E-state index is 13.3. The number of nitrogens with one attached hydrogen (secondary N) is 1. The highest BCUT2D eigenvalue weighted by Crippen LogP contribution is 2.23. The van der Waals surface area contributed by atoms with E-state index in [0.29, 0.717) is 27.8 Å². The monoisotopic (exact) mass is 407 g/mol. The normalized spacial score (nSPS) is 11.0. The smallest absolute Gasteiger partial charge is 0.274 e. The predicted molar refractivity (Wildman–Crippen MR) is 111 cm³/mol. The van der Waals surface area contributed by atoms with Crippen molar-refractivity contribution in [3.63, 3.8) is 0 Å². The molecule has 0 unspecified atom stereocenters. The van der Waals surface area contributed by atoms with E-state index in [1.807, 2.05) is 31.2 Å². The van der Waals surface area contributed by atoms with Crippen molar-refractivity contribution >= 4 is 29.0 Å². The molecule has 0 aliphatic carbocycles. The molecule has 0 atom stereocenters. The van der Waals surface area contributed by atoms with E-state index >= 15 is 0 Å². The quantitative estimate of drug-likeness (QED) is 0.561. The molecule has 1 N–H and O–H groups in total. The van der Waals surface area contributed by atoms with Crippen molar-refractivity contribution in [2.75, 3.05) is 4.90 Å². The molecule has 146 valence electrons. The molecule has 2 aromatic heterocycles. The van der Waals surface area contributed by atoms with Crippen molar-refractivity contribution in [1.82, 2.24) is 19.6 Å². The number of hydrogen-bond acceptors (Lipinski definition) is 4. The van der Waals surface area contributed by atoms with Crippen LogP contribution < -0.4 is 10.5 Å². The second kappa shape index (κ2) is 7.52. The van der Waals surface area contributed by atoms with Gasteiger partial charge in [0.05, 0.1) is 17.1 Å². The largest absolute Gasteiger partial charge is 0.301 e. The van der Waals surface area contributed by atoms with Crippen LogP contribution in [0.15, 0.2) is 59.4 Å². The van der Waals surface area contributed by atoms with Crippen LogP contribution in [0.5, 0.6) is 0 Å². The van der Waals surface area contributed by atoms with Gasteiger partial charge in [0.15, 0.2) is 0 Å². The maximum Gasteiger partial charge on any atom is 0.274 e. The van der Waals surface area contributed by atoms with Crippen LogP contribution in [0.3, 0.4) is 0 Å². The fraction of sp³-hybridized carbons (Fsp3) is 0.143. The zero-order valence-corrected chi connectivity index (χ0v) is 16.6. The zero-order chi connectivity index (χ0) is 20.5. The second-order valence-corrected chi connectivity index (χ2v) is 7.16. The number of benzene rings is 2. The van der Waals surface area contributed by atoms with Crippen molar-refractivity contribution in [2.24, 2.45) is 0 Å². The third-order valence-electron chi connectivity index (χ3n) is 4.51. The van der Waals surface area contributed by atoms with Crippen LogP contribution in [-0.2, 0) is 6.54 Å². The van der Waals surface area contributed by atoms with E-state index in [2.05, 4.69) is 15.1 Å². The number of aryl methyl sites for hydroxylation is 2. The molecule has 8 heteroatoms. The van der Waals surface area contributed by atoms with Crippen LogP contribution in [0.2, 0.25) is 5.02 Å². The molecule has 0 saturated heterocycles. The van der Waals surface area contributed by atoms with E-state index < -0.39 is 0 Å². The van der Waals surface area contributed by atoms with Crippen molar-refractivity contribution in [3.8, 4) is 0 Å². The summed E-state index contributed by atoms with van der Waals surface area (Å²) in [4.78, 5) is 35.7. The van der Waals surface area contributed by atoms with Gasteiger partial charge in [0.25, 0.3) is 17.2 Å². The topological polar surface area (TPSA) is 83.4 Å². The Labute approximate surface area is 171 Å². The van der Waals surface area contributed by atoms with Crippen LogP contribution >= 0.6 is 11.6 Å². The summed E-state index contributed by atoms with van der Waals surface area (Å²) in [6, 6.07) is 15.9. The van der Waals surface area contributed by atoms with Crippen LogP contribution in [0, 0.1) is 13.8 Å². The Bertz CT molecular complexity index is 1260. The first kappa shape index (κ1) is 18.9. The lowest BCUT2D eigenvalue weighted by atomic mass is 10.1. The summed E-state index contributed by atoms with van der Waals surface area (Å²) >= 11 is 6.25. The van der Waals surface area contributed by atoms with Crippen molar-refractivity contribution < 1.29 is 4.79 Å². The van der Waals surface area contributed by atoms with E-state index in [9.17, 15) is 9.59 Å². The van der Waals surface area contributed by atoms with Crippen LogP contribution in [0.25, 0.3) is 5.78 Å². The minimum absolute atomic E-state index is 0.120. The lowest BCUT2D eigenvalue weighted by Crippen LogP contribution is -2.31. The number of carbonyl (C=O) groups excluding carboxylic acids is 1. The molecular weight excluding hydrogens is 390 g/mol. The number of anilines is 1. The molecule has 0 radical (unpaired) electrons. The van der Waals surface area contributed by atoms with Crippen LogP contribution in [0.1, 0.15) is 27.4 Å². The summed E-state index contributed by atoms with van der Waals surface area (Å²) in [7, 11) is 0. The molecule has 0 aliphatic heterocycles. The van der Waals surface area contributed by atoms with Gasteiger partial charge in [-0.1, -0.05) is 41.4 Å². The van der Waals surface area contributed by atoms with Crippen LogP contribution in [0.4, 0.5) is 5.69 Å². The minimum atomic E-state index is -0.267. The van der Waals surface area contributed by atoms with Gasteiger partial charge in [0, 0.05) is 17.4 Å². The number of nitrogens with zero attached hydrogens (tertiary/aromatic N) is 4. The number of H-pyrrole nitrogens is 1. The molecule has 2 aromatic carbocycles. The summed E-state index contributed by atoms with van der Waals surface area (Å²) in [5.74, 6) is 0.427. The number of amides is 1. The van der Waals surface area contributed by atoms with Gasteiger partial charge in [0.1, 0.15) is 5.82 Å². The van der Waals surface area contributed by atoms with E-state index in [0.717, 1.165) is 5.56 Å². The Hall–Kier alpha value is -3.45. The average molecular weight is 408 g/mol. The Kier molecular flexibility index (Phi) is 4.90. The molecule has 29 heavy (non-hydrogen) atoms. The van der Waals surface area contributed by atoms with E-state index in [1.54, 1.807) is 36.1 Å². The molecule has 0 saturated carbocycles. The number of halogens is 1. The van der Waals surface area contributed by atoms with Gasteiger partial charge in [-0.05, 0) is 38.1 Å². The first-order valence-corrected chi connectivity index (χ1v) is 9.38. The highest BCUT2D eigenvalue weighted by atomic mass is 35.5. The Morgan fingerprint density at radius 1 is 1.10 bits per heavy atom. The summed E-state index contributed by atoms with van der Waals surface area (Å²) in [5, 5.41) is 3.30. The lowest BCUT2D eigenvalue weighted by molar-refractivity contribution is 0.0984. The Morgan fingerprint density at radius 2 is 1.83 bits per heavy atom. The molecular formula is C21H18ClN5O2. The molecule has 4 aromatic rings. The lowest BCUT2D eigenvalue weighted by Gasteiger charge is -2.22. The van der Waals surface area contributed by atoms with Crippen molar-refractivity contribution in [3.05, 3.63) is 92.6 Å². The van der Waals surface area contributed by atoms with Gasteiger partial charge in [-0.15, -0.1) is 0 Å². The molecule has 0 bridgehead atoms. The third kappa shape index (κ3) is 3.77. The zero-order valence-electron chi connectivity index (χ0n) is 15.9. The number of aromatic nitrogens is 4. The molecule has 0 aliphatic rings. The van der Waals surface area contributed by atoms with E-state index in [1.165, 1.54) is 10.6 Å². The van der Waals surface area contributed by atoms with Gasteiger partial charge in [-0.25, -0.2) is 4.98 Å².